The van der Waals surface area contributed by atoms with Crippen molar-refractivity contribution in [2.24, 2.45) is 0 Å². The molecule has 2 aromatic carbocycles. The van der Waals surface area contributed by atoms with E-state index in [1.54, 1.807) is 12.1 Å². The molecule has 2 aromatic rings. The predicted octanol–water partition coefficient (Wildman–Crippen LogP) is 3.91. The van der Waals surface area contributed by atoms with Crippen LogP contribution in [0.4, 0.5) is 0 Å². The maximum Gasteiger partial charge on any atom is 0.240 e. The number of halogens is 2. The first-order valence-electron chi connectivity index (χ1n) is 8.55. The van der Waals surface area contributed by atoms with E-state index in [0.717, 1.165) is 17.3 Å². The van der Waals surface area contributed by atoms with E-state index < -0.39 is 10.0 Å². The highest BCUT2D eigenvalue weighted by atomic mass is 79.9. The Hall–Kier alpha value is -1.41. The van der Waals surface area contributed by atoms with E-state index in [-0.39, 0.29) is 29.8 Å². The molecule has 0 aromatic heterocycles. The first kappa shape index (κ1) is 21.9. The van der Waals surface area contributed by atoms with Gasteiger partial charge in [-0.05, 0) is 55.7 Å². The SMILES string of the molecule is CC(CCc1ccc(Br)cc1)NC(=O)CCNS(=O)(=O)c1cccc(Cl)c1. The number of benzene rings is 2. The van der Waals surface area contributed by atoms with Gasteiger partial charge < -0.3 is 5.32 Å². The number of carbonyl (C=O) groups excluding carboxylic acids is 1. The number of rotatable bonds is 9. The topological polar surface area (TPSA) is 75.3 Å². The first-order valence-corrected chi connectivity index (χ1v) is 11.2. The molecule has 2 N–H and O–H groups in total. The smallest absolute Gasteiger partial charge is 0.240 e. The molecule has 0 radical (unpaired) electrons. The van der Waals surface area contributed by atoms with Gasteiger partial charge in [0.2, 0.25) is 15.9 Å². The van der Waals surface area contributed by atoms with Gasteiger partial charge in [-0.15, -0.1) is 0 Å². The highest BCUT2D eigenvalue weighted by molar-refractivity contribution is 9.10. The number of nitrogens with one attached hydrogen (secondary N) is 2. The second kappa shape index (κ2) is 10.2. The fourth-order valence-electron chi connectivity index (χ4n) is 2.47. The molecular weight excluding hydrogens is 452 g/mol. The van der Waals surface area contributed by atoms with E-state index in [1.807, 2.05) is 31.2 Å². The lowest BCUT2D eigenvalue weighted by atomic mass is 10.1. The van der Waals surface area contributed by atoms with Crippen molar-refractivity contribution in [2.75, 3.05) is 6.54 Å². The van der Waals surface area contributed by atoms with E-state index in [0.29, 0.717) is 5.02 Å². The molecule has 0 bridgehead atoms. The molecule has 0 aliphatic heterocycles. The summed E-state index contributed by atoms with van der Waals surface area (Å²) in [5.41, 5.74) is 1.20. The Morgan fingerprint density at radius 3 is 2.56 bits per heavy atom. The van der Waals surface area contributed by atoms with Gasteiger partial charge in [0.05, 0.1) is 4.90 Å². The van der Waals surface area contributed by atoms with E-state index in [2.05, 4.69) is 26.0 Å². The van der Waals surface area contributed by atoms with Crippen molar-refractivity contribution in [2.45, 2.75) is 37.1 Å². The molecule has 0 aliphatic carbocycles. The third-order valence-electron chi connectivity index (χ3n) is 3.94. The molecule has 0 fully saturated rings. The van der Waals surface area contributed by atoms with Crippen LogP contribution in [-0.4, -0.2) is 26.9 Å². The van der Waals surface area contributed by atoms with Gasteiger partial charge in [0.15, 0.2) is 0 Å². The lowest BCUT2D eigenvalue weighted by molar-refractivity contribution is -0.121. The minimum Gasteiger partial charge on any atom is -0.354 e. The summed E-state index contributed by atoms with van der Waals surface area (Å²) < 4.78 is 27.8. The van der Waals surface area contributed by atoms with E-state index >= 15 is 0 Å². The molecule has 0 saturated carbocycles. The molecule has 1 unspecified atom stereocenters. The molecule has 8 heteroatoms. The normalized spacial score (nSPS) is 12.6. The summed E-state index contributed by atoms with van der Waals surface area (Å²) in [6.45, 7) is 1.97. The molecule has 27 heavy (non-hydrogen) atoms. The standard InChI is InChI=1S/C19H22BrClN2O3S/c1-14(5-6-15-7-9-16(20)10-8-15)23-19(24)11-12-22-27(25,26)18-4-2-3-17(21)13-18/h2-4,7-10,13-14,22H,5-6,11-12H2,1H3,(H,23,24). The van der Waals surface area contributed by atoms with Crippen LogP contribution >= 0.6 is 27.5 Å². The summed E-state index contributed by atoms with van der Waals surface area (Å²) in [5.74, 6) is -0.188. The monoisotopic (exact) mass is 472 g/mol. The fraction of sp³-hybridized carbons (Fsp3) is 0.316. The van der Waals surface area contributed by atoms with Crippen LogP contribution in [0.3, 0.4) is 0 Å². The number of aryl methyl sites for hydroxylation is 1. The summed E-state index contributed by atoms with van der Waals surface area (Å²) in [4.78, 5) is 12.1. The second-order valence-corrected chi connectivity index (χ2v) is 9.36. The number of sulfonamides is 1. The van der Waals surface area contributed by atoms with Crippen LogP contribution in [-0.2, 0) is 21.2 Å². The van der Waals surface area contributed by atoms with Crippen LogP contribution in [0.15, 0.2) is 57.9 Å². The zero-order chi connectivity index (χ0) is 19.9. The van der Waals surface area contributed by atoms with Crippen LogP contribution in [0.5, 0.6) is 0 Å². The Bertz CT molecular complexity index is 873. The minimum absolute atomic E-state index is 0.00526. The molecule has 0 heterocycles. The zero-order valence-corrected chi connectivity index (χ0v) is 18.1. The van der Waals surface area contributed by atoms with Gasteiger partial charge in [-0.1, -0.05) is 45.7 Å². The minimum atomic E-state index is -3.67. The van der Waals surface area contributed by atoms with Crippen LogP contribution in [0.2, 0.25) is 5.02 Å². The van der Waals surface area contributed by atoms with Crippen molar-refractivity contribution in [1.82, 2.24) is 10.0 Å². The molecular formula is C19H22BrClN2O3S. The Balaban J connectivity index is 1.73. The third kappa shape index (κ3) is 7.62. The summed E-state index contributed by atoms with van der Waals surface area (Å²) in [6, 6.07) is 14.1. The molecule has 2 rings (SSSR count). The highest BCUT2D eigenvalue weighted by Gasteiger charge is 2.15. The van der Waals surface area contributed by atoms with Gasteiger partial charge in [0.1, 0.15) is 0 Å². The second-order valence-electron chi connectivity index (χ2n) is 6.24. The summed E-state index contributed by atoms with van der Waals surface area (Å²) in [5, 5.41) is 3.24. The lowest BCUT2D eigenvalue weighted by Crippen LogP contribution is -2.35. The molecule has 0 spiro atoms. The van der Waals surface area contributed by atoms with Crippen molar-refractivity contribution >= 4 is 43.5 Å². The Labute approximate surface area is 173 Å². The van der Waals surface area contributed by atoms with Crippen molar-refractivity contribution in [3.8, 4) is 0 Å². The molecule has 1 atom stereocenters. The van der Waals surface area contributed by atoms with Crippen molar-refractivity contribution in [3.63, 3.8) is 0 Å². The quantitative estimate of drug-likeness (QED) is 0.580. The highest BCUT2D eigenvalue weighted by Crippen LogP contribution is 2.15. The third-order valence-corrected chi connectivity index (χ3v) is 6.16. The van der Waals surface area contributed by atoms with Gasteiger partial charge in [-0.2, -0.15) is 0 Å². The summed E-state index contributed by atoms with van der Waals surface area (Å²) in [6.07, 6.45) is 1.74. The van der Waals surface area contributed by atoms with E-state index in [4.69, 9.17) is 11.6 Å². The summed E-state index contributed by atoms with van der Waals surface area (Å²) in [7, 11) is -3.67. The van der Waals surface area contributed by atoms with E-state index in [9.17, 15) is 13.2 Å². The van der Waals surface area contributed by atoms with Gasteiger partial charge in [0, 0.05) is 28.5 Å². The maximum atomic E-state index is 12.2. The molecule has 0 saturated heterocycles. The van der Waals surface area contributed by atoms with E-state index in [1.165, 1.54) is 17.7 Å². The first-order chi connectivity index (χ1) is 12.8. The largest absolute Gasteiger partial charge is 0.354 e. The maximum absolute atomic E-state index is 12.2. The van der Waals surface area contributed by atoms with Gasteiger partial charge in [-0.3, -0.25) is 4.79 Å². The van der Waals surface area contributed by atoms with Gasteiger partial charge >= 0.3 is 0 Å². The number of hydrogen-bond donors (Lipinski definition) is 2. The van der Waals surface area contributed by atoms with Crippen LogP contribution in [0.25, 0.3) is 0 Å². The average molecular weight is 474 g/mol. The molecule has 5 nitrogen and oxygen atoms in total. The van der Waals surface area contributed by atoms with Crippen molar-refractivity contribution in [3.05, 3.63) is 63.6 Å². The number of amides is 1. The predicted molar refractivity (Wildman–Crippen MR) is 111 cm³/mol. The molecule has 0 aliphatic rings. The lowest BCUT2D eigenvalue weighted by Gasteiger charge is -2.14. The molecule has 1 amide bonds. The molecule has 146 valence electrons. The number of carbonyl (C=O) groups is 1. The Morgan fingerprint density at radius 2 is 1.89 bits per heavy atom. The zero-order valence-electron chi connectivity index (χ0n) is 14.9. The fourth-order valence-corrected chi connectivity index (χ4v) is 4.07. The van der Waals surface area contributed by atoms with Gasteiger partial charge in [0.25, 0.3) is 0 Å². The summed E-state index contributed by atoms with van der Waals surface area (Å²) >= 11 is 9.22. The van der Waals surface area contributed by atoms with Gasteiger partial charge in [-0.25, -0.2) is 13.1 Å². The van der Waals surface area contributed by atoms with Crippen LogP contribution in [0, 0.1) is 0 Å². The van der Waals surface area contributed by atoms with Crippen LogP contribution < -0.4 is 10.0 Å². The van der Waals surface area contributed by atoms with Crippen molar-refractivity contribution in [1.29, 1.82) is 0 Å². The Morgan fingerprint density at radius 1 is 1.19 bits per heavy atom. The van der Waals surface area contributed by atoms with Crippen molar-refractivity contribution < 1.29 is 13.2 Å². The average Bonchev–Trinajstić information content (AvgIpc) is 2.61. The van der Waals surface area contributed by atoms with Crippen LogP contribution in [0.1, 0.15) is 25.3 Å². The number of hydrogen-bond acceptors (Lipinski definition) is 3. The Kier molecular flexibility index (Phi) is 8.28.